The number of rotatable bonds is 8. The van der Waals surface area contributed by atoms with Crippen molar-refractivity contribution in [1.82, 2.24) is 15.1 Å². The number of hydrogen-bond acceptors (Lipinski definition) is 5. The fourth-order valence-corrected chi connectivity index (χ4v) is 3.71. The van der Waals surface area contributed by atoms with Crippen molar-refractivity contribution in [3.8, 4) is 28.6 Å². The summed E-state index contributed by atoms with van der Waals surface area (Å²) >= 11 is 6.39. The molecule has 2 aromatic carbocycles. The van der Waals surface area contributed by atoms with E-state index in [1.54, 1.807) is 31.0 Å². The van der Waals surface area contributed by atoms with Crippen LogP contribution in [-0.4, -0.2) is 36.5 Å². The Labute approximate surface area is 196 Å². The zero-order valence-corrected chi connectivity index (χ0v) is 19.3. The number of nitrogens with one attached hydrogen (secondary N) is 1. The molecule has 1 N–H and O–H groups in total. The molecule has 2 aromatic heterocycles. The third-order valence-corrected chi connectivity index (χ3v) is 5.48. The van der Waals surface area contributed by atoms with Crippen molar-refractivity contribution in [2.75, 3.05) is 20.8 Å². The SMILES string of the molecule is COc1ccc(CCNC(=O)c2cc(-c3ccc(C)o3)nn2-c2ccccc2Cl)cc1OC. The number of benzene rings is 2. The second-order valence-corrected chi connectivity index (χ2v) is 7.79. The molecule has 4 aromatic rings. The van der Waals surface area contributed by atoms with Crippen molar-refractivity contribution >= 4 is 17.5 Å². The number of nitrogens with zero attached hydrogens (tertiary/aromatic N) is 2. The highest BCUT2D eigenvalue weighted by atomic mass is 35.5. The maximum atomic E-state index is 13.1. The van der Waals surface area contributed by atoms with E-state index >= 15 is 0 Å². The predicted octanol–water partition coefficient (Wildman–Crippen LogP) is 5.08. The van der Waals surface area contributed by atoms with Crippen molar-refractivity contribution in [2.45, 2.75) is 13.3 Å². The van der Waals surface area contributed by atoms with Crippen LogP contribution in [0.1, 0.15) is 21.8 Å². The van der Waals surface area contributed by atoms with Crippen LogP contribution >= 0.6 is 11.6 Å². The first-order valence-corrected chi connectivity index (χ1v) is 10.8. The summed E-state index contributed by atoms with van der Waals surface area (Å²) in [6.45, 7) is 2.29. The number of methoxy groups -OCH3 is 2. The normalized spacial score (nSPS) is 10.8. The molecule has 0 radical (unpaired) electrons. The number of furan rings is 1. The van der Waals surface area contributed by atoms with Gasteiger partial charge in [0.1, 0.15) is 17.1 Å². The van der Waals surface area contributed by atoms with Crippen molar-refractivity contribution in [1.29, 1.82) is 0 Å². The summed E-state index contributed by atoms with van der Waals surface area (Å²) in [6, 6.07) is 18.3. The Hall–Kier alpha value is -3.71. The molecule has 0 spiro atoms. The van der Waals surface area contributed by atoms with Gasteiger partial charge in [-0.2, -0.15) is 5.10 Å². The topological polar surface area (TPSA) is 78.5 Å². The van der Waals surface area contributed by atoms with Crippen molar-refractivity contribution < 1.29 is 18.7 Å². The van der Waals surface area contributed by atoms with E-state index in [2.05, 4.69) is 10.4 Å². The zero-order chi connectivity index (χ0) is 23.4. The summed E-state index contributed by atoms with van der Waals surface area (Å²) in [7, 11) is 3.19. The number of carbonyl (C=O) groups is 1. The van der Waals surface area contributed by atoms with Crippen LogP contribution in [0.5, 0.6) is 11.5 Å². The monoisotopic (exact) mass is 465 g/mol. The van der Waals surface area contributed by atoms with Gasteiger partial charge in [-0.3, -0.25) is 4.79 Å². The van der Waals surface area contributed by atoms with Crippen LogP contribution in [-0.2, 0) is 6.42 Å². The van der Waals surface area contributed by atoms with Crippen LogP contribution in [0.3, 0.4) is 0 Å². The molecule has 0 aliphatic heterocycles. The van der Waals surface area contributed by atoms with E-state index in [0.29, 0.717) is 52.3 Å². The molecule has 1 amide bonds. The van der Waals surface area contributed by atoms with Gasteiger partial charge >= 0.3 is 0 Å². The van der Waals surface area contributed by atoms with E-state index in [1.165, 1.54) is 0 Å². The van der Waals surface area contributed by atoms with E-state index in [9.17, 15) is 4.79 Å². The van der Waals surface area contributed by atoms with E-state index in [1.807, 2.05) is 55.5 Å². The van der Waals surface area contributed by atoms with E-state index in [4.69, 9.17) is 25.5 Å². The third-order valence-electron chi connectivity index (χ3n) is 5.16. The van der Waals surface area contributed by atoms with Crippen LogP contribution in [0.25, 0.3) is 17.1 Å². The summed E-state index contributed by atoms with van der Waals surface area (Å²) in [6.07, 6.45) is 0.622. The second-order valence-electron chi connectivity index (χ2n) is 7.38. The Kier molecular flexibility index (Phi) is 6.70. The fraction of sp³-hybridized carbons (Fsp3) is 0.200. The minimum atomic E-state index is -0.266. The molecule has 0 fully saturated rings. The summed E-state index contributed by atoms with van der Waals surface area (Å²) < 4.78 is 17.9. The molecule has 8 heteroatoms. The minimum Gasteiger partial charge on any atom is -0.493 e. The average molecular weight is 466 g/mol. The Morgan fingerprint density at radius 3 is 2.55 bits per heavy atom. The minimum absolute atomic E-state index is 0.266. The highest BCUT2D eigenvalue weighted by molar-refractivity contribution is 6.32. The van der Waals surface area contributed by atoms with Gasteiger partial charge in [0.25, 0.3) is 5.91 Å². The molecule has 0 atom stereocenters. The molecular weight excluding hydrogens is 442 g/mol. The predicted molar refractivity (Wildman–Crippen MR) is 127 cm³/mol. The Balaban J connectivity index is 1.56. The molecule has 0 bridgehead atoms. The number of amides is 1. The molecule has 170 valence electrons. The molecule has 2 heterocycles. The van der Waals surface area contributed by atoms with Crippen LogP contribution in [0.4, 0.5) is 0 Å². The molecule has 4 rings (SSSR count). The van der Waals surface area contributed by atoms with Gasteiger partial charge in [-0.15, -0.1) is 0 Å². The summed E-state index contributed by atoms with van der Waals surface area (Å²) in [5, 5.41) is 8.06. The molecule has 0 aliphatic rings. The zero-order valence-electron chi connectivity index (χ0n) is 18.6. The van der Waals surface area contributed by atoms with Gasteiger partial charge in [0, 0.05) is 12.6 Å². The van der Waals surface area contributed by atoms with Gasteiger partial charge < -0.3 is 19.2 Å². The van der Waals surface area contributed by atoms with Crippen LogP contribution in [0.15, 0.2) is 65.1 Å². The first-order chi connectivity index (χ1) is 16.0. The Morgan fingerprint density at radius 2 is 1.85 bits per heavy atom. The summed E-state index contributed by atoms with van der Waals surface area (Å²) in [4.78, 5) is 13.1. The van der Waals surface area contributed by atoms with E-state index in [-0.39, 0.29) is 5.91 Å². The smallest absolute Gasteiger partial charge is 0.270 e. The highest BCUT2D eigenvalue weighted by Crippen LogP contribution is 2.28. The van der Waals surface area contributed by atoms with Gasteiger partial charge in [-0.1, -0.05) is 29.8 Å². The lowest BCUT2D eigenvalue weighted by Gasteiger charge is -2.11. The molecule has 7 nitrogen and oxygen atoms in total. The van der Waals surface area contributed by atoms with Gasteiger partial charge in [0.2, 0.25) is 0 Å². The Bertz CT molecular complexity index is 1280. The first-order valence-electron chi connectivity index (χ1n) is 10.4. The number of halogens is 1. The largest absolute Gasteiger partial charge is 0.493 e. The van der Waals surface area contributed by atoms with Gasteiger partial charge in [-0.05, 0) is 55.3 Å². The van der Waals surface area contributed by atoms with Crippen molar-refractivity contribution in [2.24, 2.45) is 0 Å². The fourth-order valence-electron chi connectivity index (χ4n) is 3.49. The number of hydrogen-bond donors (Lipinski definition) is 1. The van der Waals surface area contributed by atoms with Gasteiger partial charge in [0.05, 0.1) is 24.9 Å². The maximum absolute atomic E-state index is 13.1. The lowest BCUT2D eigenvalue weighted by Crippen LogP contribution is -2.28. The Morgan fingerprint density at radius 1 is 1.06 bits per heavy atom. The number of ether oxygens (including phenoxy) is 2. The van der Waals surface area contributed by atoms with E-state index in [0.717, 1.165) is 11.3 Å². The maximum Gasteiger partial charge on any atom is 0.270 e. The molecule has 33 heavy (non-hydrogen) atoms. The molecular formula is C25H24ClN3O4. The van der Waals surface area contributed by atoms with Crippen LogP contribution in [0.2, 0.25) is 5.02 Å². The quantitative estimate of drug-likeness (QED) is 0.392. The van der Waals surface area contributed by atoms with E-state index < -0.39 is 0 Å². The third kappa shape index (κ3) is 4.88. The summed E-state index contributed by atoms with van der Waals surface area (Å²) in [5.74, 6) is 2.39. The number of aryl methyl sites for hydroxylation is 1. The van der Waals surface area contributed by atoms with Crippen LogP contribution < -0.4 is 14.8 Å². The molecule has 0 unspecified atom stereocenters. The highest BCUT2D eigenvalue weighted by Gasteiger charge is 2.20. The molecule has 0 saturated carbocycles. The second kappa shape index (κ2) is 9.83. The standard InChI is InChI=1S/C25H24ClN3O4/c1-16-8-10-22(33-16)19-15-21(29(28-19)20-7-5-4-6-18(20)26)25(30)27-13-12-17-9-11-23(31-2)24(14-17)32-3/h4-11,14-15H,12-13H2,1-3H3,(H,27,30). The average Bonchev–Trinajstić information content (AvgIpc) is 3.45. The number of para-hydroxylation sites is 1. The molecule has 0 aliphatic carbocycles. The number of carbonyl (C=O) groups excluding carboxylic acids is 1. The lowest BCUT2D eigenvalue weighted by atomic mass is 10.1. The van der Waals surface area contributed by atoms with Crippen LogP contribution in [0, 0.1) is 6.92 Å². The van der Waals surface area contributed by atoms with Gasteiger partial charge in [0.15, 0.2) is 17.3 Å². The van der Waals surface area contributed by atoms with Gasteiger partial charge in [-0.25, -0.2) is 4.68 Å². The molecule has 0 saturated heterocycles. The first kappa shape index (κ1) is 22.5. The number of aromatic nitrogens is 2. The van der Waals surface area contributed by atoms with Crippen molar-refractivity contribution in [3.63, 3.8) is 0 Å². The lowest BCUT2D eigenvalue weighted by molar-refractivity contribution is 0.0946. The summed E-state index contributed by atoms with van der Waals surface area (Å²) in [5.41, 5.74) is 2.53. The van der Waals surface area contributed by atoms with Crippen molar-refractivity contribution in [3.05, 3.63) is 82.7 Å².